The summed E-state index contributed by atoms with van der Waals surface area (Å²) < 4.78 is 6.03. The second kappa shape index (κ2) is 5.88. The Balaban J connectivity index is 1.93. The quantitative estimate of drug-likeness (QED) is 0.798. The van der Waals surface area contributed by atoms with E-state index in [1.54, 1.807) is 6.92 Å². The third-order valence-electron chi connectivity index (χ3n) is 3.48. The highest BCUT2D eigenvalue weighted by Gasteiger charge is 2.15. The molecule has 0 aliphatic heterocycles. The highest BCUT2D eigenvalue weighted by atomic mass is 32.1. The lowest BCUT2D eigenvalue weighted by Crippen LogP contribution is -2.11. The smallest absolute Gasteiger partial charge is 0.269 e. The first kappa shape index (κ1) is 14.7. The molecule has 0 saturated heterocycles. The summed E-state index contributed by atoms with van der Waals surface area (Å²) >= 11 is 1.12. The average molecular weight is 314 g/mol. The minimum atomic E-state index is -0.156. The molecule has 3 rings (SSSR count). The van der Waals surface area contributed by atoms with Gasteiger partial charge in [0.15, 0.2) is 0 Å². The summed E-state index contributed by atoms with van der Waals surface area (Å²) in [7, 11) is 0. The molecule has 5 nitrogen and oxygen atoms in total. The largest absolute Gasteiger partial charge is 0.347 e. The van der Waals surface area contributed by atoms with E-state index in [0.717, 1.165) is 34.7 Å². The van der Waals surface area contributed by atoms with Gasteiger partial charge in [0.1, 0.15) is 4.88 Å². The summed E-state index contributed by atoms with van der Waals surface area (Å²) in [6.07, 6.45) is 2.07. The van der Waals surface area contributed by atoms with Crippen LogP contribution in [0, 0.1) is 12.8 Å². The molecule has 1 amide bonds. The zero-order valence-corrected chi connectivity index (χ0v) is 13.6. The lowest BCUT2D eigenvalue weighted by atomic mass is 10.2. The maximum atomic E-state index is 12.3. The molecular formula is C16H18N4OS. The summed E-state index contributed by atoms with van der Waals surface area (Å²) in [4.78, 5) is 12.9. The number of benzene rings is 1. The van der Waals surface area contributed by atoms with Crippen LogP contribution in [0.15, 0.2) is 30.5 Å². The zero-order valence-electron chi connectivity index (χ0n) is 12.8. The van der Waals surface area contributed by atoms with E-state index in [1.807, 2.05) is 18.2 Å². The van der Waals surface area contributed by atoms with Crippen molar-refractivity contribution in [2.24, 2.45) is 5.92 Å². The fraction of sp³-hybridized carbons (Fsp3) is 0.312. The Morgan fingerprint density at radius 1 is 1.36 bits per heavy atom. The number of nitrogens with one attached hydrogen (secondary N) is 1. The van der Waals surface area contributed by atoms with E-state index in [9.17, 15) is 4.79 Å². The Bertz CT molecular complexity index is 819. The van der Waals surface area contributed by atoms with Gasteiger partial charge < -0.3 is 9.88 Å². The minimum Gasteiger partial charge on any atom is -0.347 e. The molecule has 0 spiro atoms. The first-order valence-electron chi connectivity index (χ1n) is 7.24. The van der Waals surface area contributed by atoms with Gasteiger partial charge in [0, 0.05) is 18.1 Å². The Morgan fingerprint density at radius 2 is 2.18 bits per heavy atom. The van der Waals surface area contributed by atoms with Crippen molar-refractivity contribution in [2.75, 3.05) is 5.32 Å². The van der Waals surface area contributed by atoms with Crippen molar-refractivity contribution in [3.63, 3.8) is 0 Å². The minimum absolute atomic E-state index is 0.156. The maximum absolute atomic E-state index is 12.3. The average Bonchev–Trinajstić information content (AvgIpc) is 3.06. The number of aryl methyl sites for hydroxylation is 1. The van der Waals surface area contributed by atoms with Crippen LogP contribution in [0.2, 0.25) is 0 Å². The normalized spacial score (nSPS) is 11.3. The van der Waals surface area contributed by atoms with E-state index < -0.39 is 0 Å². The monoisotopic (exact) mass is 314 g/mol. The third kappa shape index (κ3) is 2.74. The van der Waals surface area contributed by atoms with Crippen LogP contribution in [0.25, 0.3) is 10.9 Å². The number of amides is 1. The van der Waals surface area contributed by atoms with E-state index in [-0.39, 0.29) is 5.91 Å². The molecule has 0 aliphatic rings. The van der Waals surface area contributed by atoms with Crippen LogP contribution in [0.4, 0.5) is 5.69 Å². The molecule has 0 aliphatic carbocycles. The lowest BCUT2D eigenvalue weighted by Gasteiger charge is -2.10. The van der Waals surface area contributed by atoms with Gasteiger partial charge in [-0.2, -0.15) is 0 Å². The summed E-state index contributed by atoms with van der Waals surface area (Å²) in [5.41, 5.74) is 2.61. The Kier molecular flexibility index (Phi) is 3.94. The molecule has 0 unspecified atom stereocenters. The van der Waals surface area contributed by atoms with E-state index in [2.05, 4.69) is 45.6 Å². The molecule has 0 bridgehead atoms. The van der Waals surface area contributed by atoms with Crippen LogP contribution < -0.4 is 5.32 Å². The van der Waals surface area contributed by atoms with Gasteiger partial charge in [0.25, 0.3) is 5.91 Å². The van der Waals surface area contributed by atoms with Crippen LogP contribution in [0.3, 0.4) is 0 Å². The molecule has 0 atom stereocenters. The van der Waals surface area contributed by atoms with Gasteiger partial charge in [-0.25, -0.2) is 0 Å². The standard InChI is InChI=1S/C16H18N4OS/c1-10(2)9-20-8-7-12-13(5-4-6-14(12)20)17-16(21)15-11(3)18-19-22-15/h4-8,10H,9H2,1-3H3,(H,17,21). The van der Waals surface area contributed by atoms with Gasteiger partial charge >= 0.3 is 0 Å². The van der Waals surface area contributed by atoms with Gasteiger partial charge in [0.05, 0.1) is 16.9 Å². The van der Waals surface area contributed by atoms with Crippen molar-refractivity contribution in [3.8, 4) is 0 Å². The van der Waals surface area contributed by atoms with E-state index in [1.165, 1.54) is 0 Å². The molecule has 0 saturated carbocycles. The molecule has 3 aromatic rings. The number of aromatic nitrogens is 3. The number of carbonyl (C=O) groups excluding carboxylic acids is 1. The fourth-order valence-corrected chi connectivity index (χ4v) is 3.06. The maximum Gasteiger partial charge on any atom is 0.269 e. The van der Waals surface area contributed by atoms with Crippen LogP contribution >= 0.6 is 11.5 Å². The van der Waals surface area contributed by atoms with Crippen molar-refractivity contribution in [1.82, 2.24) is 14.2 Å². The van der Waals surface area contributed by atoms with Gasteiger partial charge in [-0.05, 0) is 42.6 Å². The predicted octanol–water partition coefficient (Wildman–Crippen LogP) is 3.71. The predicted molar refractivity (Wildman–Crippen MR) is 89.4 cm³/mol. The Hall–Kier alpha value is -2.21. The van der Waals surface area contributed by atoms with Crippen molar-refractivity contribution >= 4 is 34.0 Å². The molecule has 2 heterocycles. The van der Waals surface area contributed by atoms with Crippen LogP contribution in [-0.4, -0.2) is 20.1 Å². The van der Waals surface area contributed by atoms with Gasteiger partial charge in [0.2, 0.25) is 0 Å². The molecule has 0 fully saturated rings. The second-order valence-electron chi connectivity index (χ2n) is 5.74. The molecule has 0 radical (unpaired) electrons. The molecule has 6 heteroatoms. The van der Waals surface area contributed by atoms with Crippen molar-refractivity contribution in [2.45, 2.75) is 27.3 Å². The van der Waals surface area contributed by atoms with Crippen molar-refractivity contribution in [1.29, 1.82) is 0 Å². The highest BCUT2D eigenvalue weighted by Crippen LogP contribution is 2.26. The second-order valence-corrected chi connectivity index (χ2v) is 6.50. The van der Waals surface area contributed by atoms with Crippen LogP contribution in [-0.2, 0) is 6.54 Å². The third-order valence-corrected chi connectivity index (χ3v) is 4.31. The van der Waals surface area contributed by atoms with E-state index >= 15 is 0 Å². The number of carbonyl (C=O) groups is 1. The fourth-order valence-electron chi connectivity index (χ4n) is 2.50. The number of hydrogen-bond acceptors (Lipinski definition) is 4. The molecule has 2 aromatic heterocycles. The van der Waals surface area contributed by atoms with Gasteiger partial charge in [-0.1, -0.05) is 24.4 Å². The molecule has 22 heavy (non-hydrogen) atoms. The first-order chi connectivity index (χ1) is 10.6. The Labute approximate surface area is 133 Å². The topological polar surface area (TPSA) is 59.8 Å². The van der Waals surface area contributed by atoms with Crippen LogP contribution in [0.5, 0.6) is 0 Å². The zero-order chi connectivity index (χ0) is 15.7. The molecule has 1 aromatic carbocycles. The summed E-state index contributed by atoms with van der Waals surface area (Å²) in [5, 5.41) is 7.90. The molecule has 1 N–H and O–H groups in total. The Morgan fingerprint density at radius 3 is 2.86 bits per heavy atom. The molecular weight excluding hydrogens is 296 g/mol. The number of anilines is 1. The summed E-state index contributed by atoms with van der Waals surface area (Å²) in [5.74, 6) is 0.413. The van der Waals surface area contributed by atoms with Gasteiger partial charge in [-0.15, -0.1) is 5.10 Å². The lowest BCUT2D eigenvalue weighted by molar-refractivity contribution is 0.103. The number of hydrogen-bond donors (Lipinski definition) is 1. The highest BCUT2D eigenvalue weighted by molar-refractivity contribution is 7.08. The number of fused-ring (bicyclic) bond motifs is 1. The SMILES string of the molecule is Cc1nnsc1C(=O)Nc1cccc2c1ccn2CC(C)C. The van der Waals surface area contributed by atoms with Crippen molar-refractivity contribution < 1.29 is 4.79 Å². The van der Waals surface area contributed by atoms with Gasteiger partial charge in [-0.3, -0.25) is 4.79 Å². The molecule has 114 valence electrons. The summed E-state index contributed by atoms with van der Waals surface area (Å²) in [6.45, 7) is 7.13. The van der Waals surface area contributed by atoms with Crippen LogP contribution in [0.1, 0.15) is 29.2 Å². The number of rotatable bonds is 4. The van der Waals surface area contributed by atoms with Crippen molar-refractivity contribution in [3.05, 3.63) is 41.0 Å². The first-order valence-corrected chi connectivity index (χ1v) is 8.01. The van der Waals surface area contributed by atoms with E-state index in [0.29, 0.717) is 16.5 Å². The van der Waals surface area contributed by atoms with E-state index in [4.69, 9.17) is 0 Å². The number of nitrogens with zero attached hydrogens (tertiary/aromatic N) is 3. The summed E-state index contributed by atoms with van der Waals surface area (Å²) in [6, 6.07) is 8.01.